The Labute approximate surface area is 193 Å². The quantitative estimate of drug-likeness (QED) is 0.179. The topological polar surface area (TPSA) is 62.7 Å². The number of carbonyl (C=O) groups excluding carboxylic acids is 1. The molecule has 0 aromatic heterocycles. The van der Waals surface area contributed by atoms with E-state index in [9.17, 15) is 4.79 Å². The molecule has 164 valence electrons. The number of nitrogens with one attached hydrogen (secondary N) is 2. The molecule has 0 amide bonds. The fourth-order valence-corrected chi connectivity index (χ4v) is 4.19. The normalized spacial score (nSPS) is 14.4. The first-order valence-corrected chi connectivity index (χ1v) is 11.4. The molecular weight excluding hydrogens is 418 g/mol. The SMILES string of the molecule is Cc1ccc(C(=O)Oc2ccc3ccccc3c2/C=N/NC(=S)NC2CCCCC2)cc1. The zero-order chi connectivity index (χ0) is 22.3. The van der Waals surface area contributed by atoms with Crippen LogP contribution in [0.15, 0.2) is 65.8 Å². The Bertz CT molecular complexity index is 1140. The highest BCUT2D eigenvalue weighted by atomic mass is 32.1. The Morgan fingerprint density at radius 1 is 1.03 bits per heavy atom. The van der Waals surface area contributed by atoms with Crippen LogP contribution in [0.2, 0.25) is 0 Å². The van der Waals surface area contributed by atoms with Crippen molar-refractivity contribution in [3.05, 3.63) is 77.4 Å². The van der Waals surface area contributed by atoms with Gasteiger partial charge in [0, 0.05) is 11.6 Å². The molecule has 0 heterocycles. The largest absolute Gasteiger partial charge is 0.422 e. The molecule has 1 saturated carbocycles. The molecule has 0 saturated heterocycles. The molecule has 0 unspecified atom stereocenters. The van der Waals surface area contributed by atoms with Crippen LogP contribution in [-0.2, 0) is 0 Å². The average molecular weight is 446 g/mol. The van der Waals surface area contributed by atoms with Gasteiger partial charge in [-0.1, -0.05) is 67.3 Å². The summed E-state index contributed by atoms with van der Waals surface area (Å²) in [5, 5.41) is 10.2. The summed E-state index contributed by atoms with van der Waals surface area (Å²) >= 11 is 5.40. The molecule has 3 aromatic rings. The maximum atomic E-state index is 12.7. The predicted molar refractivity (Wildman–Crippen MR) is 133 cm³/mol. The van der Waals surface area contributed by atoms with Gasteiger partial charge in [0.25, 0.3) is 0 Å². The summed E-state index contributed by atoms with van der Waals surface area (Å²) in [6, 6.07) is 19.4. The molecule has 0 atom stereocenters. The monoisotopic (exact) mass is 445 g/mol. The van der Waals surface area contributed by atoms with E-state index in [4.69, 9.17) is 17.0 Å². The molecule has 1 fully saturated rings. The summed E-state index contributed by atoms with van der Waals surface area (Å²) in [4.78, 5) is 12.7. The lowest BCUT2D eigenvalue weighted by Gasteiger charge is -2.23. The molecule has 32 heavy (non-hydrogen) atoms. The van der Waals surface area contributed by atoms with Crippen LogP contribution in [0.4, 0.5) is 0 Å². The number of hydrazone groups is 1. The Hall–Kier alpha value is -3.25. The average Bonchev–Trinajstić information content (AvgIpc) is 2.81. The van der Waals surface area contributed by atoms with E-state index in [0.717, 1.165) is 34.7 Å². The number of nitrogens with zero attached hydrogens (tertiary/aromatic N) is 1. The molecule has 2 N–H and O–H groups in total. The van der Waals surface area contributed by atoms with Crippen molar-refractivity contribution in [3.8, 4) is 5.75 Å². The highest BCUT2D eigenvalue weighted by Crippen LogP contribution is 2.27. The summed E-state index contributed by atoms with van der Waals surface area (Å²) in [6.07, 6.45) is 7.68. The van der Waals surface area contributed by atoms with Gasteiger partial charge in [0.15, 0.2) is 5.11 Å². The Morgan fingerprint density at radius 3 is 2.56 bits per heavy atom. The Balaban J connectivity index is 1.53. The van der Waals surface area contributed by atoms with Gasteiger partial charge in [0.05, 0.1) is 11.8 Å². The third-order valence-electron chi connectivity index (χ3n) is 5.72. The van der Waals surface area contributed by atoms with E-state index < -0.39 is 5.97 Å². The van der Waals surface area contributed by atoms with Crippen molar-refractivity contribution >= 4 is 40.3 Å². The molecule has 6 heteroatoms. The number of fused-ring (bicyclic) bond motifs is 1. The van der Waals surface area contributed by atoms with Crippen molar-refractivity contribution in [1.82, 2.24) is 10.7 Å². The minimum atomic E-state index is -0.405. The van der Waals surface area contributed by atoms with Gasteiger partial charge in [0.2, 0.25) is 0 Å². The molecule has 3 aromatic carbocycles. The lowest BCUT2D eigenvalue weighted by atomic mass is 9.96. The van der Waals surface area contributed by atoms with Crippen molar-refractivity contribution in [2.24, 2.45) is 5.10 Å². The molecule has 0 bridgehead atoms. The molecular formula is C26H27N3O2S. The third kappa shape index (κ3) is 5.51. The van der Waals surface area contributed by atoms with Gasteiger partial charge < -0.3 is 10.1 Å². The number of rotatable bonds is 5. The molecule has 0 aliphatic heterocycles. The maximum Gasteiger partial charge on any atom is 0.343 e. The van der Waals surface area contributed by atoms with E-state index in [2.05, 4.69) is 15.8 Å². The number of carbonyl (C=O) groups is 1. The summed E-state index contributed by atoms with van der Waals surface area (Å²) in [7, 11) is 0. The molecule has 0 spiro atoms. The van der Waals surface area contributed by atoms with E-state index in [-0.39, 0.29) is 0 Å². The van der Waals surface area contributed by atoms with E-state index in [1.54, 1.807) is 24.4 Å². The van der Waals surface area contributed by atoms with E-state index in [1.165, 1.54) is 19.3 Å². The van der Waals surface area contributed by atoms with Crippen LogP contribution in [0.1, 0.15) is 53.6 Å². The molecule has 1 aliphatic rings. The number of benzene rings is 3. The van der Waals surface area contributed by atoms with Crippen LogP contribution in [0.5, 0.6) is 5.75 Å². The van der Waals surface area contributed by atoms with Gasteiger partial charge >= 0.3 is 5.97 Å². The van der Waals surface area contributed by atoms with E-state index in [1.807, 2.05) is 49.4 Å². The first-order chi connectivity index (χ1) is 15.6. The van der Waals surface area contributed by atoms with Crippen molar-refractivity contribution in [3.63, 3.8) is 0 Å². The van der Waals surface area contributed by atoms with Crippen LogP contribution in [0.25, 0.3) is 10.8 Å². The zero-order valence-electron chi connectivity index (χ0n) is 18.1. The number of thiocarbonyl (C=S) groups is 1. The number of aryl methyl sites for hydroxylation is 1. The fraction of sp³-hybridized carbons (Fsp3) is 0.269. The van der Waals surface area contributed by atoms with Crippen LogP contribution >= 0.6 is 12.2 Å². The molecule has 1 aliphatic carbocycles. The van der Waals surface area contributed by atoms with Gasteiger partial charge in [0.1, 0.15) is 5.75 Å². The first-order valence-electron chi connectivity index (χ1n) is 11.0. The Kier molecular flexibility index (Phi) is 7.12. The second-order valence-electron chi connectivity index (χ2n) is 8.13. The summed E-state index contributed by atoms with van der Waals surface area (Å²) in [5.74, 6) is 0.0448. The highest BCUT2D eigenvalue weighted by Gasteiger charge is 2.15. The molecule has 5 nitrogen and oxygen atoms in total. The molecule has 4 rings (SSSR count). The van der Waals surface area contributed by atoms with Crippen molar-refractivity contribution < 1.29 is 9.53 Å². The van der Waals surface area contributed by atoms with E-state index >= 15 is 0 Å². The molecule has 0 radical (unpaired) electrons. The first kappa shape index (κ1) is 22.0. The van der Waals surface area contributed by atoms with Gasteiger partial charge in [-0.2, -0.15) is 5.10 Å². The van der Waals surface area contributed by atoms with E-state index in [0.29, 0.717) is 22.5 Å². The van der Waals surface area contributed by atoms with Crippen LogP contribution in [0.3, 0.4) is 0 Å². The predicted octanol–water partition coefficient (Wildman–Crippen LogP) is 5.50. The van der Waals surface area contributed by atoms with Crippen molar-refractivity contribution in [2.75, 3.05) is 0 Å². The lowest BCUT2D eigenvalue weighted by molar-refractivity contribution is 0.0734. The highest BCUT2D eigenvalue weighted by molar-refractivity contribution is 7.80. The number of ether oxygens (including phenoxy) is 1. The van der Waals surface area contributed by atoms with Gasteiger partial charge in [-0.15, -0.1) is 0 Å². The third-order valence-corrected chi connectivity index (χ3v) is 5.93. The fourth-order valence-electron chi connectivity index (χ4n) is 3.97. The van der Waals surface area contributed by atoms with Crippen LogP contribution < -0.4 is 15.5 Å². The van der Waals surface area contributed by atoms with Gasteiger partial charge in [-0.05, 0) is 61.0 Å². The van der Waals surface area contributed by atoms with Crippen LogP contribution in [0, 0.1) is 6.92 Å². The second-order valence-corrected chi connectivity index (χ2v) is 8.54. The summed E-state index contributed by atoms with van der Waals surface area (Å²) < 4.78 is 5.75. The standard InChI is InChI=1S/C26H27N3O2S/c1-18-11-13-20(14-12-18)25(30)31-24-16-15-19-7-5-6-10-22(19)23(24)17-27-29-26(32)28-21-8-3-2-4-9-21/h5-7,10-17,21H,2-4,8-9H2,1H3,(H2,28,29,32)/b27-17+. The maximum absolute atomic E-state index is 12.7. The van der Waals surface area contributed by atoms with Crippen molar-refractivity contribution in [1.29, 1.82) is 0 Å². The number of esters is 1. The zero-order valence-corrected chi connectivity index (χ0v) is 19.0. The second kappa shape index (κ2) is 10.4. The minimum Gasteiger partial charge on any atom is -0.422 e. The smallest absolute Gasteiger partial charge is 0.343 e. The van der Waals surface area contributed by atoms with Crippen molar-refractivity contribution in [2.45, 2.75) is 45.1 Å². The summed E-state index contributed by atoms with van der Waals surface area (Å²) in [6.45, 7) is 1.98. The lowest BCUT2D eigenvalue weighted by Crippen LogP contribution is -2.40. The van der Waals surface area contributed by atoms with Gasteiger partial charge in [-0.25, -0.2) is 4.79 Å². The Morgan fingerprint density at radius 2 is 1.78 bits per heavy atom. The minimum absolute atomic E-state index is 0.405. The van der Waals surface area contributed by atoms with Gasteiger partial charge in [-0.3, -0.25) is 5.43 Å². The van der Waals surface area contributed by atoms with Crippen LogP contribution in [-0.4, -0.2) is 23.3 Å². The number of hydrogen-bond acceptors (Lipinski definition) is 4. The summed E-state index contributed by atoms with van der Waals surface area (Å²) in [5.41, 5.74) is 5.22. The number of hydrogen-bond donors (Lipinski definition) is 2.